The van der Waals surface area contributed by atoms with Gasteiger partial charge in [-0.25, -0.2) is 0 Å². The van der Waals surface area contributed by atoms with Gasteiger partial charge in [0, 0.05) is 0 Å². The van der Waals surface area contributed by atoms with E-state index >= 15 is 0 Å². The van der Waals surface area contributed by atoms with Gasteiger partial charge in [-0.15, -0.1) is 5.10 Å². The van der Waals surface area contributed by atoms with E-state index in [0.29, 0.717) is 5.82 Å². The quantitative estimate of drug-likeness (QED) is 0.628. The molecule has 0 fully saturated rings. The van der Waals surface area contributed by atoms with Crippen LogP contribution in [-0.4, -0.2) is 15.1 Å². The maximum Gasteiger partial charge on any atom is 0.165 e. The molecule has 0 aliphatic rings. The maximum atomic E-state index is 4.50. The molecule has 0 aliphatic heterocycles. The lowest BCUT2D eigenvalue weighted by atomic mass is 10.8. The summed E-state index contributed by atoms with van der Waals surface area (Å²) in [6, 6.07) is 0. The van der Waals surface area contributed by atoms with E-state index in [1.165, 1.54) is 17.0 Å². The minimum absolute atomic E-state index is 0.713. The fourth-order valence-electron chi connectivity index (χ4n) is 0.288. The minimum atomic E-state index is 0.713. The molecule has 1 aromatic rings. The number of aromatic nitrogens is 2. The lowest BCUT2D eigenvalue weighted by Crippen LogP contribution is -1.90. The normalized spacial score (nSPS) is 8.50. The lowest BCUT2D eigenvalue weighted by Gasteiger charge is -1.83. The van der Waals surface area contributed by atoms with Crippen molar-refractivity contribution in [3.8, 4) is 0 Å². The van der Waals surface area contributed by atoms with Crippen molar-refractivity contribution >= 4 is 35.1 Å². The average molecular weight is 145 g/mol. The Hall–Kier alpha value is -0.550. The first-order valence-electron chi connectivity index (χ1n) is 1.90. The van der Waals surface area contributed by atoms with Crippen LogP contribution in [-0.2, 0) is 0 Å². The van der Waals surface area contributed by atoms with Crippen LogP contribution in [0.4, 0.5) is 5.82 Å². The zero-order chi connectivity index (χ0) is 5.82. The van der Waals surface area contributed by atoms with Crippen molar-refractivity contribution in [1.82, 2.24) is 9.59 Å². The van der Waals surface area contributed by atoms with E-state index in [0.717, 1.165) is 0 Å². The fraction of sp³-hybridized carbons (Fsp3) is 0. The number of hydrogen-bond acceptors (Lipinski definition) is 4. The molecule has 0 radical (unpaired) electrons. The Balaban J connectivity index is 2.62. The monoisotopic (exact) mass is 145 g/mol. The zero-order valence-electron chi connectivity index (χ0n) is 3.87. The third-order valence-corrected chi connectivity index (χ3v) is 1.19. The van der Waals surface area contributed by atoms with E-state index in [1.807, 2.05) is 0 Å². The van der Waals surface area contributed by atoms with Gasteiger partial charge in [-0.05, 0) is 11.5 Å². The molecule has 1 N–H and O–H groups in total. The molecule has 42 valence electrons. The average Bonchev–Trinajstić information content (AvgIpc) is 2.19. The van der Waals surface area contributed by atoms with Crippen LogP contribution in [0.15, 0.2) is 5.38 Å². The van der Waals surface area contributed by atoms with Gasteiger partial charge in [-0.1, -0.05) is 16.7 Å². The Morgan fingerprint density at radius 1 is 1.88 bits per heavy atom. The smallest absolute Gasteiger partial charge is 0.165 e. The molecule has 0 amide bonds. The first kappa shape index (κ1) is 5.58. The summed E-state index contributed by atoms with van der Waals surface area (Å²) in [7, 11) is 0. The molecule has 1 aromatic heterocycles. The molecule has 0 aromatic carbocycles. The first-order chi connectivity index (χ1) is 3.93. The standard InChI is InChI=1S/C3H3N3S2/c7-2-4-3-1-8-6-5-3/h1-2H,(H,4,7). The molecule has 3 nitrogen and oxygen atoms in total. The van der Waals surface area contributed by atoms with Crippen molar-refractivity contribution in [1.29, 1.82) is 0 Å². The predicted octanol–water partition coefficient (Wildman–Crippen LogP) is 0.907. The molecule has 0 saturated heterocycles. The molecule has 0 bridgehead atoms. The van der Waals surface area contributed by atoms with E-state index in [4.69, 9.17) is 0 Å². The summed E-state index contributed by atoms with van der Waals surface area (Å²) >= 11 is 5.79. The molecule has 1 rings (SSSR count). The highest BCUT2D eigenvalue weighted by Crippen LogP contribution is 2.00. The molecule has 0 saturated carbocycles. The summed E-state index contributed by atoms with van der Waals surface area (Å²) < 4.78 is 3.60. The second-order valence-corrected chi connectivity index (χ2v) is 1.90. The van der Waals surface area contributed by atoms with Crippen molar-refractivity contribution in [2.75, 3.05) is 5.32 Å². The van der Waals surface area contributed by atoms with Crippen molar-refractivity contribution in [2.45, 2.75) is 0 Å². The van der Waals surface area contributed by atoms with E-state index in [9.17, 15) is 0 Å². The zero-order valence-corrected chi connectivity index (χ0v) is 5.50. The SMILES string of the molecule is S=CNc1csnn1. The highest BCUT2D eigenvalue weighted by Gasteiger charge is 1.86. The van der Waals surface area contributed by atoms with E-state index < -0.39 is 0 Å². The molecule has 1 heterocycles. The van der Waals surface area contributed by atoms with Crippen molar-refractivity contribution in [3.05, 3.63) is 5.38 Å². The predicted molar refractivity (Wildman–Crippen MR) is 37.2 cm³/mol. The number of anilines is 1. The third-order valence-electron chi connectivity index (χ3n) is 0.567. The number of rotatable bonds is 2. The van der Waals surface area contributed by atoms with Gasteiger partial charge in [0.05, 0.1) is 10.9 Å². The van der Waals surface area contributed by atoms with Gasteiger partial charge in [0.2, 0.25) is 0 Å². The minimum Gasteiger partial charge on any atom is -0.335 e. The van der Waals surface area contributed by atoms with Crippen LogP contribution in [0.5, 0.6) is 0 Å². The third kappa shape index (κ3) is 1.21. The first-order valence-corrected chi connectivity index (χ1v) is 3.21. The Kier molecular flexibility index (Phi) is 1.87. The molecule has 0 unspecified atom stereocenters. The molecule has 0 atom stereocenters. The lowest BCUT2D eigenvalue weighted by molar-refractivity contribution is 1.16. The topological polar surface area (TPSA) is 37.8 Å². The van der Waals surface area contributed by atoms with Crippen LogP contribution < -0.4 is 5.32 Å². The summed E-state index contributed by atoms with van der Waals surface area (Å²) in [5, 5.41) is 8.16. The van der Waals surface area contributed by atoms with Crippen molar-refractivity contribution < 1.29 is 0 Å². The second-order valence-electron chi connectivity index (χ2n) is 1.05. The largest absolute Gasteiger partial charge is 0.335 e. The van der Waals surface area contributed by atoms with Crippen LogP contribution in [0.1, 0.15) is 0 Å². The maximum absolute atomic E-state index is 4.50. The Bertz CT molecular complexity index is 159. The Labute approximate surface area is 55.9 Å². The summed E-state index contributed by atoms with van der Waals surface area (Å²) in [6.45, 7) is 0. The molecule has 0 aliphatic carbocycles. The number of thiocarbonyl (C=S) groups is 1. The van der Waals surface area contributed by atoms with E-state index in [2.05, 4.69) is 27.1 Å². The van der Waals surface area contributed by atoms with Crippen LogP contribution >= 0.6 is 23.8 Å². The van der Waals surface area contributed by atoms with Gasteiger partial charge >= 0.3 is 0 Å². The Morgan fingerprint density at radius 3 is 3.25 bits per heavy atom. The van der Waals surface area contributed by atoms with E-state index in [-0.39, 0.29) is 0 Å². The molecule has 8 heavy (non-hydrogen) atoms. The highest BCUT2D eigenvalue weighted by molar-refractivity contribution is 7.79. The molecule has 0 spiro atoms. The summed E-state index contributed by atoms with van der Waals surface area (Å²) in [4.78, 5) is 0. The number of nitrogens with zero attached hydrogens (tertiary/aromatic N) is 2. The van der Waals surface area contributed by atoms with Gasteiger partial charge in [0.1, 0.15) is 0 Å². The molecule has 5 heteroatoms. The number of nitrogens with one attached hydrogen (secondary N) is 1. The van der Waals surface area contributed by atoms with Crippen LogP contribution in [0, 0.1) is 0 Å². The van der Waals surface area contributed by atoms with Gasteiger partial charge in [0.15, 0.2) is 5.82 Å². The number of hydrogen-bond donors (Lipinski definition) is 1. The molecular weight excluding hydrogens is 142 g/mol. The van der Waals surface area contributed by atoms with Crippen LogP contribution in [0.3, 0.4) is 0 Å². The fourth-order valence-corrected chi connectivity index (χ4v) is 0.806. The van der Waals surface area contributed by atoms with Crippen LogP contribution in [0.25, 0.3) is 0 Å². The highest BCUT2D eigenvalue weighted by atomic mass is 32.1. The summed E-state index contributed by atoms with van der Waals surface area (Å²) in [5.41, 5.74) is 1.40. The summed E-state index contributed by atoms with van der Waals surface area (Å²) in [5.74, 6) is 0.713. The molecular formula is C3H3N3S2. The van der Waals surface area contributed by atoms with Gasteiger partial charge < -0.3 is 5.32 Å². The van der Waals surface area contributed by atoms with E-state index in [1.54, 1.807) is 5.38 Å². The van der Waals surface area contributed by atoms with Crippen molar-refractivity contribution in [3.63, 3.8) is 0 Å². The summed E-state index contributed by atoms with van der Waals surface area (Å²) in [6.07, 6.45) is 0. The van der Waals surface area contributed by atoms with Crippen molar-refractivity contribution in [2.24, 2.45) is 0 Å². The van der Waals surface area contributed by atoms with Gasteiger partial charge in [0.25, 0.3) is 0 Å². The van der Waals surface area contributed by atoms with Crippen LogP contribution in [0.2, 0.25) is 0 Å². The second kappa shape index (κ2) is 2.68. The van der Waals surface area contributed by atoms with Gasteiger partial charge in [-0.3, -0.25) is 0 Å². The Morgan fingerprint density at radius 2 is 2.75 bits per heavy atom. The van der Waals surface area contributed by atoms with Gasteiger partial charge in [-0.2, -0.15) is 0 Å².